The summed E-state index contributed by atoms with van der Waals surface area (Å²) in [5.74, 6) is -0.276. The lowest BCUT2D eigenvalue weighted by atomic mass is 10.1. The minimum Gasteiger partial charge on any atom is -0.503 e. The zero-order chi connectivity index (χ0) is 13.2. The van der Waals surface area contributed by atoms with Crippen molar-refractivity contribution < 1.29 is 23.0 Å². The Bertz CT molecular complexity index is 409. The number of phenols is 1. The van der Waals surface area contributed by atoms with E-state index in [9.17, 15) is 18.3 Å². The zero-order valence-electron chi connectivity index (χ0n) is 8.88. The monoisotopic (exact) mass is 313 g/mol. The molecule has 1 aromatic rings. The van der Waals surface area contributed by atoms with Crippen molar-refractivity contribution in [3.8, 4) is 11.5 Å². The molecule has 0 fully saturated rings. The van der Waals surface area contributed by atoms with Crippen LogP contribution in [0.3, 0.4) is 0 Å². The zero-order valence-corrected chi connectivity index (χ0v) is 10.5. The molecule has 0 heterocycles. The molecule has 0 bridgehead atoms. The molecule has 3 nitrogen and oxygen atoms in total. The van der Waals surface area contributed by atoms with E-state index in [2.05, 4.69) is 15.9 Å². The molecule has 0 aliphatic rings. The molecule has 1 rings (SSSR count). The predicted octanol–water partition coefficient (Wildman–Crippen LogP) is 3.12. The third-order valence-corrected chi connectivity index (χ3v) is 2.67. The van der Waals surface area contributed by atoms with E-state index < -0.39 is 12.2 Å². The number of nitrogens with two attached hydrogens (primary N) is 1. The van der Waals surface area contributed by atoms with E-state index in [1.165, 1.54) is 0 Å². The summed E-state index contributed by atoms with van der Waals surface area (Å²) in [4.78, 5) is 0. The van der Waals surface area contributed by atoms with Gasteiger partial charge in [-0.1, -0.05) is 0 Å². The molecule has 0 aliphatic heterocycles. The van der Waals surface area contributed by atoms with E-state index in [4.69, 9.17) is 10.5 Å². The number of ether oxygens (including phenoxy) is 1. The van der Waals surface area contributed by atoms with Gasteiger partial charge in [-0.15, -0.1) is 0 Å². The van der Waals surface area contributed by atoms with Gasteiger partial charge >= 0.3 is 6.18 Å². The van der Waals surface area contributed by atoms with E-state index >= 15 is 0 Å². The summed E-state index contributed by atoms with van der Waals surface area (Å²) < 4.78 is 42.5. The Hall–Kier alpha value is -0.950. The number of phenolic OH excluding ortho intramolecular Hbond substituents is 1. The van der Waals surface area contributed by atoms with Crippen molar-refractivity contribution in [3.63, 3.8) is 0 Å². The Morgan fingerprint density at radius 1 is 1.47 bits per heavy atom. The molecular formula is C10H11BrF3NO2. The maximum atomic E-state index is 12.4. The van der Waals surface area contributed by atoms with Crippen LogP contribution in [0.5, 0.6) is 11.5 Å². The lowest BCUT2D eigenvalue weighted by Gasteiger charge is -2.18. The van der Waals surface area contributed by atoms with Gasteiger partial charge in [0.1, 0.15) is 6.04 Å². The molecule has 0 amide bonds. The standard InChI is InChI=1S/C10H11BrF3NO2/c1-2-17-7-4-5(3-6(11)8(7)16)9(15)10(12,13)14/h3-4,9,16H,2,15H2,1H3/t9-/m0/s1. The molecular weight excluding hydrogens is 303 g/mol. The Labute approximate surface area is 105 Å². The molecule has 0 saturated carbocycles. The molecule has 1 atom stereocenters. The van der Waals surface area contributed by atoms with Crippen molar-refractivity contribution in [2.24, 2.45) is 5.73 Å². The summed E-state index contributed by atoms with van der Waals surface area (Å²) in [6, 6.07) is 0.0937. The Morgan fingerprint density at radius 2 is 2.06 bits per heavy atom. The van der Waals surface area contributed by atoms with Crippen LogP contribution < -0.4 is 10.5 Å². The van der Waals surface area contributed by atoms with Crippen molar-refractivity contribution in [2.45, 2.75) is 19.1 Å². The molecule has 0 aliphatic carbocycles. The quantitative estimate of drug-likeness (QED) is 0.901. The van der Waals surface area contributed by atoms with E-state index in [1.807, 2.05) is 0 Å². The van der Waals surface area contributed by atoms with Gasteiger partial charge in [-0.05, 0) is 40.5 Å². The van der Waals surface area contributed by atoms with Crippen LogP contribution in [0, 0.1) is 0 Å². The van der Waals surface area contributed by atoms with Crippen LogP contribution in [0.25, 0.3) is 0 Å². The fraction of sp³-hybridized carbons (Fsp3) is 0.400. The second-order valence-corrected chi connectivity index (χ2v) is 4.16. The summed E-state index contributed by atoms with van der Waals surface area (Å²) in [5, 5.41) is 9.54. The SMILES string of the molecule is CCOc1cc([C@H](N)C(F)(F)F)cc(Br)c1O. The van der Waals surface area contributed by atoms with Crippen molar-refractivity contribution in [3.05, 3.63) is 22.2 Å². The first-order chi connectivity index (χ1) is 7.77. The van der Waals surface area contributed by atoms with Crippen LogP contribution >= 0.6 is 15.9 Å². The lowest BCUT2D eigenvalue weighted by molar-refractivity contribution is -0.149. The van der Waals surface area contributed by atoms with Gasteiger partial charge in [-0.3, -0.25) is 0 Å². The minimum atomic E-state index is -4.54. The van der Waals surface area contributed by atoms with Crippen LogP contribution in [0.1, 0.15) is 18.5 Å². The number of benzene rings is 1. The summed E-state index contributed by atoms with van der Waals surface area (Å²) in [7, 11) is 0. The Balaban J connectivity index is 3.18. The van der Waals surface area contributed by atoms with Gasteiger partial charge in [0.25, 0.3) is 0 Å². The van der Waals surface area contributed by atoms with E-state index in [1.54, 1.807) is 6.92 Å². The average Bonchev–Trinajstić information content (AvgIpc) is 2.22. The molecule has 7 heteroatoms. The van der Waals surface area contributed by atoms with Crippen LogP contribution in [-0.4, -0.2) is 17.9 Å². The van der Waals surface area contributed by atoms with Crippen molar-refractivity contribution in [1.82, 2.24) is 0 Å². The average molecular weight is 314 g/mol. The maximum Gasteiger partial charge on any atom is 0.407 e. The van der Waals surface area contributed by atoms with Gasteiger partial charge in [0.2, 0.25) is 0 Å². The predicted molar refractivity (Wildman–Crippen MR) is 60.0 cm³/mol. The van der Waals surface area contributed by atoms with Gasteiger partial charge in [0, 0.05) is 0 Å². The van der Waals surface area contributed by atoms with Crippen LogP contribution in [0.15, 0.2) is 16.6 Å². The molecule has 1 aromatic carbocycles. The van der Waals surface area contributed by atoms with Gasteiger partial charge in [-0.25, -0.2) is 0 Å². The highest BCUT2D eigenvalue weighted by Gasteiger charge is 2.38. The second kappa shape index (κ2) is 5.14. The molecule has 0 aromatic heterocycles. The van der Waals surface area contributed by atoms with E-state index in [-0.39, 0.29) is 28.1 Å². The number of hydrogen-bond donors (Lipinski definition) is 2. The van der Waals surface area contributed by atoms with Gasteiger partial charge in [0.05, 0.1) is 11.1 Å². The molecule has 0 unspecified atom stereocenters. The number of alkyl halides is 3. The molecule has 0 saturated heterocycles. The number of rotatable bonds is 3. The number of hydrogen-bond acceptors (Lipinski definition) is 3. The summed E-state index contributed by atoms with van der Waals surface area (Å²) >= 11 is 2.95. The minimum absolute atomic E-state index is 0.0309. The van der Waals surface area contributed by atoms with Crippen LogP contribution in [0.4, 0.5) is 13.2 Å². The first kappa shape index (κ1) is 14.1. The van der Waals surface area contributed by atoms with Gasteiger partial charge < -0.3 is 15.6 Å². The van der Waals surface area contributed by atoms with Gasteiger partial charge in [0.15, 0.2) is 11.5 Å². The number of halogens is 4. The largest absolute Gasteiger partial charge is 0.503 e. The third-order valence-electron chi connectivity index (χ3n) is 2.06. The van der Waals surface area contributed by atoms with E-state index in [0.29, 0.717) is 0 Å². The first-order valence-electron chi connectivity index (χ1n) is 4.74. The molecule has 0 spiro atoms. The summed E-state index contributed by atoms with van der Waals surface area (Å²) in [5.41, 5.74) is 4.90. The topological polar surface area (TPSA) is 55.5 Å². The highest BCUT2D eigenvalue weighted by molar-refractivity contribution is 9.10. The Kier molecular flexibility index (Phi) is 4.26. The van der Waals surface area contributed by atoms with E-state index in [0.717, 1.165) is 12.1 Å². The van der Waals surface area contributed by atoms with Crippen molar-refractivity contribution >= 4 is 15.9 Å². The highest BCUT2D eigenvalue weighted by Crippen LogP contribution is 2.40. The molecule has 17 heavy (non-hydrogen) atoms. The highest BCUT2D eigenvalue weighted by atomic mass is 79.9. The fourth-order valence-electron chi connectivity index (χ4n) is 1.23. The lowest BCUT2D eigenvalue weighted by Crippen LogP contribution is -2.28. The second-order valence-electron chi connectivity index (χ2n) is 3.30. The summed E-state index contributed by atoms with van der Waals surface area (Å²) in [6.07, 6.45) is -4.54. The smallest absolute Gasteiger partial charge is 0.407 e. The Morgan fingerprint density at radius 3 is 2.53 bits per heavy atom. The summed E-state index contributed by atoms with van der Waals surface area (Å²) in [6.45, 7) is 1.88. The molecule has 96 valence electrons. The third kappa shape index (κ3) is 3.26. The van der Waals surface area contributed by atoms with Crippen LogP contribution in [-0.2, 0) is 0 Å². The van der Waals surface area contributed by atoms with Crippen LogP contribution in [0.2, 0.25) is 0 Å². The first-order valence-corrected chi connectivity index (χ1v) is 5.54. The molecule has 0 radical (unpaired) electrons. The normalized spacial score (nSPS) is 13.5. The van der Waals surface area contributed by atoms with Crippen molar-refractivity contribution in [1.29, 1.82) is 0 Å². The number of aromatic hydroxyl groups is 1. The van der Waals surface area contributed by atoms with Crippen molar-refractivity contribution in [2.75, 3.05) is 6.61 Å². The maximum absolute atomic E-state index is 12.4. The van der Waals surface area contributed by atoms with Gasteiger partial charge in [-0.2, -0.15) is 13.2 Å². The molecule has 3 N–H and O–H groups in total. The fourth-order valence-corrected chi connectivity index (χ4v) is 1.69.